The molecule has 0 unspecified atom stereocenters. The van der Waals surface area contributed by atoms with Crippen LogP contribution < -0.4 is 0 Å². The van der Waals surface area contributed by atoms with Gasteiger partial charge < -0.3 is 9.47 Å². The van der Waals surface area contributed by atoms with Crippen LogP contribution >= 0.6 is 0 Å². The minimum absolute atomic E-state index is 0.717. The molecule has 2 heteroatoms. The van der Waals surface area contributed by atoms with Gasteiger partial charge in [0.15, 0.2) is 0 Å². The average molecular weight is 200 g/mol. The molecule has 0 rings (SSSR count). The van der Waals surface area contributed by atoms with Crippen LogP contribution in [-0.4, -0.2) is 13.2 Å². The molecule has 0 radical (unpaired) electrons. The Morgan fingerprint density at radius 3 is 1.79 bits per heavy atom. The maximum atomic E-state index is 5.51. The van der Waals surface area contributed by atoms with Crippen LogP contribution in [0.1, 0.15) is 52.9 Å². The molecule has 0 bridgehead atoms. The quantitative estimate of drug-likeness (QED) is 0.415. The Balaban J connectivity index is 3.61. The van der Waals surface area contributed by atoms with Crippen molar-refractivity contribution in [2.24, 2.45) is 0 Å². The zero-order valence-electron chi connectivity index (χ0n) is 9.84. The topological polar surface area (TPSA) is 18.5 Å². The van der Waals surface area contributed by atoms with Gasteiger partial charge in [0.05, 0.1) is 13.2 Å². The summed E-state index contributed by atoms with van der Waals surface area (Å²) in [4.78, 5) is 0. The van der Waals surface area contributed by atoms with Crippen molar-refractivity contribution in [2.45, 2.75) is 52.9 Å². The second-order valence-corrected chi connectivity index (χ2v) is 3.34. The predicted octanol–water partition coefficient (Wildman–Crippen LogP) is 3.87. The second-order valence-electron chi connectivity index (χ2n) is 3.34. The highest BCUT2D eigenvalue weighted by Gasteiger charge is 1.97. The smallest absolute Gasteiger partial charge is 0.274 e. The molecule has 0 heterocycles. The number of rotatable bonds is 9. The van der Waals surface area contributed by atoms with Crippen LogP contribution in [-0.2, 0) is 9.47 Å². The molecule has 0 fully saturated rings. The largest absolute Gasteiger partial charge is 0.466 e. The van der Waals surface area contributed by atoms with Crippen molar-refractivity contribution in [3.63, 3.8) is 0 Å². The van der Waals surface area contributed by atoms with Gasteiger partial charge in [-0.15, -0.1) is 0 Å². The Hall–Kier alpha value is -0.660. The van der Waals surface area contributed by atoms with E-state index in [0.29, 0.717) is 0 Å². The van der Waals surface area contributed by atoms with E-state index in [2.05, 4.69) is 20.8 Å². The highest BCUT2D eigenvalue weighted by atomic mass is 16.7. The second kappa shape index (κ2) is 10.4. The molecule has 2 nitrogen and oxygen atoms in total. The van der Waals surface area contributed by atoms with Gasteiger partial charge in [-0.3, -0.25) is 0 Å². The third-order valence-electron chi connectivity index (χ3n) is 1.86. The molecule has 0 amide bonds. The normalized spacial score (nSPS) is 9.64. The van der Waals surface area contributed by atoms with Gasteiger partial charge in [-0.05, 0) is 25.3 Å². The molecule has 14 heavy (non-hydrogen) atoms. The first-order valence-electron chi connectivity index (χ1n) is 5.80. The third-order valence-corrected chi connectivity index (χ3v) is 1.86. The van der Waals surface area contributed by atoms with Crippen molar-refractivity contribution in [1.29, 1.82) is 0 Å². The van der Waals surface area contributed by atoms with E-state index in [9.17, 15) is 0 Å². The van der Waals surface area contributed by atoms with E-state index >= 15 is 0 Å². The lowest BCUT2D eigenvalue weighted by Gasteiger charge is -2.11. The zero-order valence-corrected chi connectivity index (χ0v) is 9.84. The average Bonchev–Trinajstić information content (AvgIpc) is 2.18. The summed E-state index contributed by atoms with van der Waals surface area (Å²) in [5, 5.41) is 0. The molecule has 0 atom stereocenters. The lowest BCUT2D eigenvalue weighted by molar-refractivity contribution is 0.0320. The molecular weight excluding hydrogens is 176 g/mol. The first kappa shape index (κ1) is 13.3. The molecule has 0 aliphatic rings. The summed E-state index contributed by atoms with van der Waals surface area (Å²) in [5.41, 5.74) is 0. The molecule has 0 saturated heterocycles. The lowest BCUT2D eigenvalue weighted by atomic mass is 10.3. The van der Waals surface area contributed by atoms with Crippen LogP contribution in [0.4, 0.5) is 0 Å². The van der Waals surface area contributed by atoms with Gasteiger partial charge >= 0.3 is 0 Å². The SMILES string of the molecule is CCC=C(OCCCC)OCCCC. The van der Waals surface area contributed by atoms with E-state index in [0.717, 1.165) is 51.3 Å². The monoisotopic (exact) mass is 200 g/mol. The molecule has 0 N–H and O–H groups in total. The predicted molar refractivity (Wildman–Crippen MR) is 60.1 cm³/mol. The first-order valence-corrected chi connectivity index (χ1v) is 5.80. The van der Waals surface area contributed by atoms with Crippen LogP contribution in [0.15, 0.2) is 12.0 Å². The minimum Gasteiger partial charge on any atom is -0.466 e. The Morgan fingerprint density at radius 2 is 1.43 bits per heavy atom. The number of hydrogen-bond donors (Lipinski definition) is 0. The van der Waals surface area contributed by atoms with E-state index in [-0.39, 0.29) is 0 Å². The van der Waals surface area contributed by atoms with Crippen LogP contribution in [0.3, 0.4) is 0 Å². The minimum atomic E-state index is 0.717. The fraction of sp³-hybridized carbons (Fsp3) is 0.833. The molecule has 0 aromatic heterocycles. The maximum absolute atomic E-state index is 5.51. The van der Waals surface area contributed by atoms with Gasteiger partial charge in [-0.1, -0.05) is 33.6 Å². The summed E-state index contributed by atoms with van der Waals surface area (Å²) < 4.78 is 11.0. The molecule has 0 aromatic rings. The molecule has 0 aromatic carbocycles. The van der Waals surface area contributed by atoms with E-state index in [1.165, 1.54) is 0 Å². The lowest BCUT2D eigenvalue weighted by Crippen LogP contribution is -2.01. The number of allylic oxidation sites excluding steroid dienone is 1. The van der Waals surface area contributed by atoms with Gasteiger partial charge in [0.2, 0.25) is 0 Å². The molecule has 0 aliphatic carbocycles. The van der Waals surface area contributed by atoms with E-state index < -0.39 is 0 Å². The highest BCUT2D eigenvalue weighted by molar-refractivity contribution is 4.82. The van der Waals surface area contributed by atoms with Gasteiger partial charge in [0.1, 0.15) is 0 Å². The van der Waals surface area contributed by atoms with Crippen molar-refractivity contribution >= 4 is 0 Å². The van der Waals surface area contributed by atoms with Gasteiger partial charge in [-0.2, -0.15) is 0 Å². The van der Waals surface area contributed by atoms with Gasteiger partial charge in [0, 0.05) is 0 Å². The van der Waals surface area contributed by atoms with Crippen molar-refractivity contribution in [2.75, 3.05) is 13.2 Å². The summed E-state index contributed by atoms with van der Waals surface area (Å²) in [7, 11) is 0. The van der Waals surface area contributed by atoms with Crippen molar-refractivity contribution in [1.82, 2.24) is 0 Å². The first-order chi connectivity index (χ1) is 6.85. The molecular formula is C12H24O2. The molecule has 0 spiro atoms. The van der Waals surface area contributed by atoms with Crippen molar-refractivity contribution < 1.29 is 9.47 Å². The maximum Gasteiger partial charge on any atom is 0.274 e. The fourth-order valence-corrected chi connectivity index (χ4v) is 0.960. The molecule has 0 saturated carbocycles. The molecule has 84 valence electrons. The Morgan fingerprint density at radius 1 is 0.929 bits per heavy atom. The molecule has 0 aliphatic heterocycles. The summed E-state index contributed by atoms with van der Waals surface area (Å²) in [6.45, 7) is 7.95. The third kappa shape index (κ3) is 7.96. The number of ether oxygens (including phenoxy) is 2. The summed E-state index contributed by atoms with van der Waals surface area (Å²) in [6, 6.07) is 0. The highest BCUT2D eigenvalue weighted by Crippen LogP contribution is 2.05. The Bertz CT molecular complexity index is 129. The van der Waals surface area contributed by atoms with Crippen molar-refractivity contribution in [3.05, 3.63) is 12.0 Å². The van der Waals surface area contributed by atoms with Crippen LogP contribution in [0.2, 0.25) is 0 Å². The Labute approximate surface area is 88.3 Å². The Kier molecular flexibility index (Phi) is 9.93. The zero-order chi connectivity index (χ0) is 10.6. The van der Waals surface area contributed by atoms with Crippen LogP contribution in [0.5, 0.6) is 0 Å². The summed E-state index contributed by atoms with van der Waals surface area (Å²) >= 11 is 0. The van der Waals surface area contributed by atoms with Gasteiger partial charge in [-0.25, -0.2) is 0 Å². The van der Waals surface area contributed by atoms with E-state index in [1.807, 2.05) is 6.08 Å². The van der Waals surface area contributed by atoms with Crippen molar-refractivity contribution in [3.8, 4) is 0 Å². The van der Waals surface area contributed by atoms with Crippen LogP contribution in [0.25, 0.3) is 0 Å². The van der Waals surface area contributed by atoms with Gasteiger partial charge in [0.25, 0.3) is 5.95 Å². The summed E-state index contributed by atoms with van der Waals surface area (Å²) in [5.74, 6) is 0.717. The number of unbranched alkanes of at least 4 members (excludes halogenated alkanes) is 2. The fourth-order valence-electron chi connectivity index (χ4n) is 0.960. The van der Waals surface area contributed by atoms with E-state index in [1.54, 1.807) is 0 Å². The summed E-state index contributed by atoms with van der Waals surface area (Å²) in [6.07, 6.45) is 7.48. The number of hydrogen-bond acceptors (Lipinski definition) is 2. The standard InChI is InChI=1S/C12H24O2/c1-4-7-10-13-12(9-6-3)14-11-8-5-2/h9H,4-8,10-11H2,1-3H3. The van der Waals surface area contributed by atoms with E-state index in [4.69, 9.17) is 9.47 Å². The van der Waals surface area contributed by atoms with Crippen LogP contribution in [0, 0.1) is 0 Å².